The summed E-state index contributed by atoms with van der Waals surface area (Å²) in [6.07, 6.45) is 0. The van der Waals surface area contributed by atoms with Crippen LogP contribution in [0.1, 0.15) is 5.82 Å². The quantitative estimate of drug-likeness (QED) is 0.597. The molecule has 0 spiro atoms. The number of rotatable bonds is 5. The van der Waals surface area contributed by atoms with Crippen LogP contribution in [0.3, 0.4) is 0 Å². The van der Waals surface area contributed by atoms with E-state index >= 15 is 0 Å². The number of aromatic amines is 1. The van der Waals surface area contributed by atoms with Crippen molar-refractivity contribution >= 4 is 17.1 Å². The Hall–Kier alpha value is -3.76. The maximum Gasteiger partial charge on any atom is 0.332 e. The first-order chi connectivity index (χ1) is 13.4. The average Bonchev–Trinajstić information content (AvgIpc) is 3.34. The molecule has 11 heteroatoms. The molecule has 1 aliphatic heterocycles. The number of hydrogen-bond acceptors (Lipinski definition) is 7. The van der Waals surface area contributed by atoms with Gasteiger partial charge in [0, 0.05) is 20.2 Å². The Labute approximate surface area is 157 Å². The molecule has 0 radical (unpaired) electrons. The Morgan fingerprint density at radius 1 is 1.25 bits per heavy atom. The number of carbonyl (C=O) groups excluding carboxylic acids is 1. The third kappa shape index (κ3) is 3.06. The first kappa shape index (κ1) is 17.6. The van der Waals surface area contributed by atoms with E-state index in [1.165, 1.54) is 18.7 Å². The lowest BCUT2D eigenvalue weighted by molar-refractivity contribution is -0.123. The van der Waals surface area contributed by atoms with Crippen LogP contribution in [0, 0.1) is 0 Å². The normalized spacial score (nSPS) is 12.4. The van der Waals surface area contributed by atoms with E-state index in [1.54, 1.807) is 18.2 Å². The van der Waals surface area contributed by atoms with E-state index in [2.05, 4.69) is 15.3 Å². The molecule has 2 N–H and O–H groups in total. The number of hydrogen-bond donors (Lipinski definition) is 2. The lowest BCUT2D eigenvalue weighted by Crippen LogP contribution is -2.36. The largest absolute Gasteiger partial charge is 0.484 e. The standard InChI is InChI=1S/C17H17N5O6/c1-21-15-14(16(24)22(2)17(21)25)19-12(20-15)6-18-13(23)7-26-9-3-4-10-11(5-9)28-8-27-10/h3-5H,6-8H2,1-2H3,(H,18,23)(H,19,20). The monoisotopic (exact) mass is 387 g/mol. The predicted molar refractivity (Wildman–Crippen MR) is 96.5 cm³/mol. The van der Waals surface area contributed by atoms with E-state index in [-0.39, 0.29) is 37.0 Å². The smallest absolute Gasteiger partial charge is 0.332 e. The van der Waals surface area contributed by atoms with Crippen molar-refractivity contribution in [2.75, 3.05) is 13.4 Å². The van der Waals surface area contributed by atoms with Gasteiger partial charge < -0.3 is 24.5 Å². The molecule has 0 saturated carbocycles. The van der Waals surface area contributed by atoms with Gasteiger partial charge in [-0.3, -0.25) is 18.7 Å². The fourth-order valence-electron chi connectivity index (χ4n) is 2.81. The van der Waals surface area contributed by atoms with Gasteiger partial charge in [-0.2, -0.15) is 0 Å². The number of aryl methyl sites for hydroxylation is 1. The lowest BCUT2D eigenvalue weighted by Gasteiger charge is -2.07. The topological polar surface area (TPSA) is 129 Å². The molecule has 3 heterocycles. The van der Waals surface area contributed by atoms with Gasteiger partial charge in [0.25, 0.3) is 11.5 Å². The molecule has 28 heavy (non-hydrogen) atoms. The second kappa shape index (κ2) is 6.76. The lowest BCUT2D eigenvalue weighted by atomic mass is 10.3. The number of amides is 1. The van der Waals surface area contributed by atoms with Crippen LogP contribution < -0.4 is 30.8 Å². The molecule has 4 rings (SSSR count). The van der Waals surface area contributed by atoms with Gasteiger partial charge in [-0.05, 0) is 12.1 Å². The SMILES string of the molecule is Cn1c(=O)c2[nH]c(CNC(=O)COc3ccc4c(c3)OCO4)nc2n(C)c1=O. The highest BCUT2D eigenvalue weighted by Crippen LogP contribution is 2.34. The molecule has 1 aliphatic rings. The molecular formula is C17H17N5O6. The minimum absolute atomic E-state index is 0.0509. The number of fused-ring (bicyclic) bond motifs is 2. The Morgan fingerprint density at radius 3 is 2.86 bits per heavy atom. The number of nitrogens with zero attached hydrogens (tertiary/aromatic N) is 3. The molecule has 3 aromatic rings. The number of aromatic nitrogens is 4. The minimum atomic E-state index is -0.477. The Bertz CT molecular complexity index is 1190. The number of ether oxygens (including phenoxy) is 3. The van der Waals surface area contributed by atoms with Crippen molar-refractivity contribution in [3.05, 3.63) is 44.9 Å². The highest BCUT2D eigenvalue weighted by atomic mass is 16.7. The number of carbonyl (C=O) groups is 1. The van der Waals surface area contributed by atoms with E-state index in [0.29, 0.717) is 23.1 Å². The van der Waals surface area contributed by atoms with Crippen molar-refractivity contribution in [1.29, 1.82) is 0 Å². The summed E-state index contributed by atoms with van der Waals surface area (Å²) in [6.45, 7) is 0.000949. The van der Waals surface area contributed by atoms with Crippen molar-refractivity contribution < 1.29 is 19.0 Å². The van der Waals surface area contributed by atoms with Crippen LogP contribution >= 0.6 is 0 Å². The van der Waals surface area contributed by atoms with Crippen LogP contribution in [0.5, 0.6) is 17.2 Å². The molecule has 0 fully saturated rings. The minimum Gasteiger partial charge on any atom is -0.484 e. The van der Waals surface area contributed by atoms with Crippen molar-refractivity contribution in [2.45, 2.75) is 6.54 Å². The van der Waals surface area contributed by atoms with Gasteiger partial charge >= 0.3 is 5.69 Å². The van der Waals surface area contributed by atoms with Crippen LogP contribution in [0.2, 0.25) is 0 Å². The van der Waals surface area contributed by atoms with Crippen LogP contribution in [0.15, 0.2) is 27.8 Å². The van der Waals surface area contributed by atoms with Gasteiger partial charge in [-0.15, -0.1) is 0 Å². The first-order valence-corrected chi connectivity index (χ1v) is 8.38. The van der Waals surface area contributed by atoms with Crippen LogP contribution in [-0.2, 0) is 25.4 Å². The molecule has 2 aromatic heterocycles. The van der Waals surface area contributed by atoms with Crippen LogP contribution in [0.25, 0.3) is 11.2 Å². The van der Waals surface area contributed by atoms with E-state index in [4.69, 9.17) is 14.2 Å². The van der Waals surface area contributed by atoms with Crippen molar-refractivity contribution in [3.63, 3.8) is 0 Å². The maximum absolute atomic E-state index is 12.1. The molecule has 1 amide bonds. The fraction of sp³-hybridized carbons (Fsp3) is 0.294. The van der Waals surface area contributed by atoms with Crippen molar-refractivity contribution in [1.82, 2.24) is 24.4 Å². The first-order valence-electron chi connectivity index (χ1n) is 8.38. The number of H-pyrrole nitrogens is 1. The molecule has 0 aliphatic carbocycles. The zero-order valence-electron chi connectivity index (χ0n) is 15.1. The van der Waals surface area contributed by atoms with E-state index in [0.717, 1.165) is 4.57 Å². The second-order valence-electron chi connectivity index (χ2n) is 6.17. The highest BCUT2D eigenvalue weighted by molar-refractivity contribution is 5.77. The molecule has 0 saturated heterocycles. The highest BCUT2D eigenvalue weighted by Gasteiger charge is 2.15. The summed E-state index contributed by atoms with van der Waals surface area (Å²) in [4.78, 5) is 43.2. The Balaban J connectivity index is 1.40. The van der Waals surface area contributed by atoms with Gasteiger partial charge in [-0.25, -0.2) is 9.78 Å². The third-order valence-corrected chi connectivity index (χ3v) is 4.31. The third-order valence-electron chi connectivity index (χ3n) is 4.31. The predicted octanol–water partition coefficient (Wildman–Crippen LogP) is -0.616. The summed E-state index contributed by atoms with van der Waals surface area (Å²) in [6, 6.07) is 5.02. The van der Waals surface area contributed by atoms with Gasteiger partial charge in [0.15, 0.2) is 23.8 Å². The molecule has 1 aromatic carbocycles. The molecule has 0 atom stereocenters. The zero-order valence-corrected chi connectivity index (χ0v) is 15.1. The summed E-state index contributed by atoms with van der Waals surface area (Å²) in [7, 11) is 2.91. The average molecular weight is 387 g/mol. The fourth-order valence-corrected chi connectivity index (χ4v) is 2.81. The van der Waals surface area contributed by atoms with E-state index in [1.807, 2.05) is 0 Å². The van der Waals surface area contributed by atoms with Crippen molar-refractivity contribution in [3.8, 4) is 17.2 Å². The van der Waals surface area contributed by atoms with E-state index in [9.17, 15) is 14.4 Å². The molecule has 0 unspecified atom stereocenters. The molecular weight excluding hydrogens is 370 g/mol. The van der Waals surface area contributed by atoms with Crippen LogP contribution in [0.4, 0.5) is 0 Å². The second-order valence-corrected chi connectivity index (χ2v) is 6.17. The molecule has 146 valence electrons. The summed E-state index contributed by atoms with van der Waals surface area (Å²) in [5.41, 5.74) is -0.523. The summed E-state index contributed by atoms with van der Waals surface area (Å²) >= 11 is 0. The van der Waals surface area contributed by atoms with Gasteiger partial charge in [-0.1, -0.05) is 0 Å². The Kier molecular flexibility index (Phi) is 4.26. The van der Waals surface area contributed by atoms with Gasteiger partial charge in [0.2, 0.25) is 6.79 Å². The maximum atomic E-state index is 12.1. The number of benzene rings is 1. The van der Waals surface area contributed by atoms with Crippen molar-refractivity contribution in [2.24, 2.45) is 14.1 Å². The van der Waals surface area contributed by atoms with E-state index < -0.39 is 11.2 Å². The number of imidazole rings is 1. The number of nitrogens with one attached hydrogen (secondary N) is 2. The van der Waals surface area contributed by atoms with Gasteiger partial charge in [0.1, 0.15) is 17.1 Å². The van der Waals surface area contributed by atoms with Gasteiger partial charge in [0.05, 0.1) is 6.54 Å². The van der Waals surface area contributed by atoms with Crippen LogP contribution in [-0.4, -0.2) is 38.4 Å². The molecule has 11 nitrogen and oxygen atoms in total. The zero-order chi connectivity index (χ0) is 19.8. The molecule has 0 bridgehead atoms. The summed E-state index contributed by atoms with van der Waals surface area (Å²) in [5.74, 6) is 1.64. The summed E-state index contributed by atoms with van der Waals surface area (Å²) in [5, 5.41) is 2.64. The summed E-state index contributed by atoms with van der Waals surface area (Å²) < 4.78 is 18.1. The Morgan fingerprint density at radius 2 is 2.04 bits per heavy atom.